The topological polar surface area (TPSA) is 110 Å². The minimum Gasteiger partial charge on any atom is -0.493 e. The van der Waals surface area contributed by atoms with E-state index < -0.39 is 33.0 Å². The second-order valence-electron chi connectivity index (χ2n) is 6.80. The first-order chi connectivity index (χ1) is 12.8. The van der Waals surface area contributed by atoms with Crippen LogP contribution in [0.2, 0.25) is 0 Å². The second kappa shape index (κ2) is 7.38. The molecule has 1 aromatic rings. The molecule has 148 valence electrons. The van der Waals surface area contributed by atoms with E-state index in [0.717, 1.165) is 5.56 Å². The number of rotatable bonds is 5. The number of benzene rings is 1. The first-order valence-electron chi connectivity index (χ1n) is 8.77. The number of carbonyl (C=O) groups is 2. The van der Waals surface area contributed by atoms with Crippen molar-refractivity contribution >= 4 is 21.7 Å². The van der Waals surface area contributed by atoms with E-state index in [1.165, 1.54) is 19.1 Å². The Labute approximate surface area is 158 Å². The van der Waals surface area contributed by atoms with Gasteiger partial charge in [-0.25, -0.2) is 8.42 Å². The lowest BCUT2D eigenvalue weighted by molar-refractivity contribution is -0.141. The number of fused-ring (bicyclic) bond motifs is 1. The zero-order valence-electron chi connectivity index (χ0n) is 15.3. The van der Waals surface area contributed by atoms with E-state index in [1.54, 1.807) is 12.1 Å². The van der Waals surface area contributed by atoms with Crippen molar-refractivity contribution in [3.8, 4) is 11.5 Å². The molecule has 1 aromatic carbocycles. The summed E-state index contributed by atoms with van der Waals surface area (Å²) in [4.78, 5) is 25.9. The van der Waals surface area contributed by atoms with Gasteiger partial charge in [0.05, 0.1) is 32.4 Å². The Morgan fingerprint density at radius 1 is 1.22 bits per heavy atom. The molecule has 0 aliphatic carbocycles. The highest BCUT2D eigenvalue weighted by atomic mass is 32.2. The third-order valence-corrected chi connectivity index (χ3v) is 7.42. The van der Waals surface area contributed by atoms with E-state index in [2.05, 4.69) is 0 Å². The molecule has 1 saturated heterocycles. The molecule has 0 radical (unpaired) electrons. The van der Waals surface area contributed by atoms with Crippen molar-refractivity contribution in [1.82, 2.24) is 4.90 Å². The molecule has 9 heteroatoms. The predicted octanol–water partition coefficient (Wildman–Crippen LogP) is 1.18. The summed E-state index contributed by atoms with van der Waals surface area (Å²) in [7, 11) is -0.476. The number of carboxylic acids is 1. The van der Waals surface area contributed by atoms with Crippen molar-refractivity contribution in [1.29, 1.82) is 0 Å². The van der Waals surface area contributed by atoms with Gasteiger partial charge in [-0.1, -0.05) is 0 Å². The van der Waals surface area contributed by atoms with Gasteiger partial charge in [-0.3, -0.25) is 9.59 Å². The van der Waals surface area contributed by atoms with Gasteiger partial charge in [0.1, 0.15) is 5.25 Å². The number of aliphatic carboxylic acids is 1. The van der Waals surface area contributed by atoms with Gasteiger partial charge in [-0.2, -0.15) is 0 Å². The molecule has 3 rings (SSSR count). The molecule has 2 aliphatic rings. The molecule has 0 spiro atoms. The van der Waals surface area contributed by atoms with Gasteiger partial charge in [0, 0.05) is 6.54 Å². The van der Waals surface area contributed by atoms with Crippen molar-refractivity contribution in [2.24, 2.45) is 0 Å². The fourth-order valence-corrected chi connectivity index (χ4v) is 5.75. The number of methoxy groups -OCH3 is 2. The summed E-state index contributed by atoms with van der Waals surface area (Å²) in [6.45, 7) is 0.269. The second-order valence-corrected chi connectivity index (χ2v) is 9.10. The van der Waals surface area contributed by atoms with E-state index >= 15 is 0 Å². The molecule has 27 heavy (non-hydrogen) atoms. The Hall–Kier alpha value is -2.29. The number of carboxylic acid groups (broad SMARTS) is 1. The molecule has 2 unspecified atom stereocenters. The maximum Gasteiger partial charge on any atom is 0.305 e. The first kappa shape index (κ1) is 19.5. The Morgan fingerprint density at radius 2 is 1.89 bits per heavy atom. The SMILES string of the molecule is COc1cc2c(cc1OC)C(CC(=O)O)N(C(=O)C1CCCS1(=O)=O)CC2. The molecular weight excluding hydrogens is 374 g/mol. The number of sulfone groups is 1. The van der Waals surface area contributed by atoms with Crippen LogP contribution in [0.25, 0.3) is 0 Å². The van der Waals surface area contributed by atoms with Gasteiger partial charge >= 0.3 is 5.97 Å². The van der Waals surface area contributed by atoms with Crippen molar-refractivity contribution in [3.05, 3.63) is 23.3 Å². The lowest BCUT2D eigenvalue weighted by atomic mass is 9.89. The van der Waals surface area contributed by atoms with Crippen molar-refractivity contribution in [2.75, 3.05) is 26.5 Å². The molecule has 2 aliphatic heterocycles. The highest BCUT2D eigenvalue weighted by Gasteiger charge is 2.43. The van der Waals surface area contributed by atoms with E-state index in [9.17, 15) is 23.1 Å². The summed E-state index contributed by atoms with van der Waals surface area (Å²) >= 11 is 0. The Balaban J connectivity index is 2.02. The van der Waals surface area contributed by atoms with E-state index in [-0.39, 0.29) is 25.1 Å². The number of ether oxygens (including phenoxy) is 2. The van der Waals surface area contributed by atoms with Gasteiger partial charge in [0.25, 0.3) is 0 Å². The van der Waals surface area contributed by atoms with Crippen LogP contribution in [0.4, 0.5) is 0 Å². The summed E-state index contributed by atoms with van der Waals surface area (Å²) in [5.74, 6) is -0.588. The van der Waals surface area contributed by atoms with Crippen LogP contribution in [0.5, 0.6) is 11.5 Å². The summed E-state index contributed by atoms with van der Waals surface area (Å²) in [6.07, 6.45) is 0.930. The maximum absolute atomic E-state index is 13.0. The minimum absolute atomic E-state index is 0.00243. The van der Waals surface area contributed by atoms with E-state index in [0.29, 0.717) is 29.9 Å². The Kier molecular flexibility index (Phi) is 5.32. The zero-order chi connectivity index (χ0) is 19.8. The maximum atomic E-state index is 13.0. The quantitative estimate of drug-likeness (QED) is 0.794. The smallest absolute Gasteiger partial charge is 0.305 e. The summed E-state index contributed by atoms with van der Waals surface area (Å²) < 4.78 is 35.0. The van der Waals surface area contributed by atoms with Gasteiger partial charge < -0.3 is 19.5 Å². The van der Waals surface area contributed by atoms with Crippen LogP contribution >= 0.6 is 0 Å². The minimum atomic E-state index is -3.47. The fourth-order valence-electron chi connectivity index (χ4n) is 3.93. The van der Waals surface area contributed by atoms with Crippen LogP contribution in [-0.2, 0) is 25.8 Å². The number of carbonyl (C=O) groups excluding carboxylic acids is 1. The number of nitrogens with zero attached hydrogens (tertiary/aromatic N) is 1. The number of amides is 1. The average Bonchev–Trinajstić information content (AvgIpc) is 2.98. The lowest BCUT2D eigenvalue weighted by Gasteiger charge is -2.38. The first-order valence-corrected chi connectivity index (χ1v) is 10.5. The predicted molar refractivity (Wildman–Crippen MR) is 96.8 cm³/mol. The summed E-state index contributed by atoms with van der Waals surface area (Å²) in [5, 5.41) is 8.30. The van der Waals surface area contributed by atoms with Crippen molar-refractivity contribution < 1.29 is 32.6 Å². The monoisotopic (exact) mass is 397 g/mol. The lowest BCUT2D eigenvalue weighted by Crippen LogP contribution is -2.47. The average molecular weight is 397 g/mol. The van der Waals surface area contributed by atoms with Gasteiger partial charge in [-0.15, -0.1) is 0 Å². The highest BCUT2D eigenvalue weighted by molar-refractivity contribution is 7.93. The van der Waals surface area contributed by atoms with Gasteiger partial charge in [0.2, 0.25) is 5.91 Å². The molecule has 0 aromatic heterocycles. The van der Waals surface area contributed by atoms with Crippen molar-refractivity contribution in [2.45, 2.75) is 37.0 Å². The molecule has 1 amide bonds. The molecule has 1 fully saturated rings. The van der Waals surface area contributed by atoms with Crippen molar-refractivity contribution in [3.63, 3.8) is 0 Å². The van der Waals surface area contributed by atoms with Crippen LogP contribution in [0.3, 0.4) is 0 Å². The third kappa shape index (κ3) is 3.60. The van der Waals surface area contributed by atoms with Gasteiger partial charge in [0.15, 0.2) is 21.3 Å². The zero-order valence-corrected chi connectivity index (χ0v) is 16.1. The van der Waals surface area contributed by atoms with Crippen LogP contribution in [-0.4, -0.2) is 62.1 Å². The Morgan fingerprint density at radius 3 is 2.44 bits per heavy atom. The third-order valence-electron chi connectivity index (χ3n) is 5.26. The van der Waals surface area contributed by atoms with E-state index in [4.69, 9.17) is 9.47 Å². The molecule has 2 atom stereocenters. The Bertz CT molecular complexity index is 865. The molecule has 1 N–H and O–H groups in total. The molecular formula is C18H23NO7S. The molecule has 2 heterocycles. The largest absolute Gasteiger partial charge is 0.493 e. The van der Waals surface area contributed by atoms with Gasteiger partial charge in [-0.05, 0) is 42.5 Å². The van der Waals surface area contributed by atoms with Crippen LogP contribution in [0.15, 0.2) is 12.1 Å². The highest BCUT2D eigenvalue weighted by Crippen LogP contribution is 2.40. The normalized spacial score (nSPS) is 23.6. The number of hydrogen-bond acceptors (Lipinski definition) is 6. The molecule has 0 bridgehead atoms. The fraction of sp³-hybridized carbons (Fsp3) is 0.556. The van der Waals surface area contributed by atoms with Crippen LogP contribution in [0, 0.1) is 0 Å². The summed E-state index contributed by atoms with van der Waals surface area (Å²) in [5.41, 5.74) is 1.53. The molecule has 8 nitrogen and oxygen atoms in total. The van der Waals surface area contributed by atoms with Crippen LogP contribution in [0.1, 0.15) is 36.4 Å². The summed E-state index contributed by atoms with van der Waals surface area (Å²) in [6, 6.07) is 2.73. The number of hydrogen-bond donors (Lipinski definition) is 1. The molecule has 0 saturated carbocycles. The standard InChI is InChI=1S/C18H23NO7S/c1-25-14-8-11-5-6-19(18(22)16-4-3-7-27(16,23)24)13(10-17(20)21)12(11)9-15(14)26-2/h8-9,13,16H,3-7,10H2,1-2H3,(H,20,21). The van der Waals surface area contributed by atoms with E-state index in [1.807, 2.05) is 0 Å². The van der Waals surface area contributed by atoms with Crippen LogP contribution < -0.4 is 9.47 Å².